The van der Waals surface area contributed by atoms with Crippen LogP contribution in [0.1, 0.15) is 21.5 Å². The molecule has 0 fully saturated rings. The van der Waals surface area contributed by atoms with Crippen molar-refractivity contribution in [2.75, 3.05) is 5.32 Å². The molecular formula is C27H21Cl2NO6S. The highest BCUT2D eigenvalue weighted by Crippen LogP contribution is 2.27. The summed E-state index contributed by atoms with van der Waals surface area (Å²) in [5.41, 5.74) is 2.12. The van der Waals surface area contributed by atoms with Gasteiger partial charge in [0.15, 0.2) is 0 Å². The summed E-state index contributed by atoms with van der Waals surface area (Å²) in [4.78, 5) is 12.7. The van der Waals surface area contributed by atoms with Crippen LogP contribution in [-0.4, -0.2) is 18.9 Å². The Kier molecular flexibility index (Phi) is 8.35. The highest BCUT2D eigenvalue weighted by molar-refractivity contribution is 7.85. The first-order valence-corrected chi connectivity index (χ1v) is 13.1. The SMILES string of the molecule is O=C(Nc1ccc(S(=O)(=O)O)cc1)c1cc(OCc2ccccc2Cl)cc(OCc2ccccc2Cl)c1. The number of rotatable bonds is 9. The molecule has 0 aliphatic heterocycles. The van der Waals surface area contributed by atoms with Gasteiger partial charge in [-0.1, -0.05) is 59.6 Å². The average Bonchev–Trinajstić information content (AvgIpc) is 2.87. The van der Waals surface area contributed by atoms with Crippen LogP contribution >= 0.6 is 23.2 Å². The van der Waals surface area contributed by atoms with Gasteiger partial charge in [0.05, 0.1) is 4.90 Å². The number of hydrogen-bond donors (Lipinski definition) is 2. The zero-order valence-electron chi connectivity index (χ0n) is 19.2. The predicted molar refractivity (Wildman–Crippen MR) is 142 cm³/mol. The van der Waals surface area contributed by atoms with E-state index in [-0.39, 0.29) is 23.7 Å². The summed E-state index contributed by atoms with van der Waals surface area (Å²) < 4.78 is 43.5. The van der Waals surface area contributed by atoms with Crippen molar-refractivity contribution >= 4 is 44.9 Å². The number of anilines is 1. The Hall–Kier alpha value is -3.56. The summed E-state index contributed by atoms with van der Waals surface area (Å²) in [7, 11) is -4.34. The van der Waals surface area contributed by atoms with Gasteiger partial charge in [-0.3, -0.25) is 9.35 Å². The monoisotopic (exact) mass is 557 g/mol. The molecule has 0 unspecified atom stereocenters. The van der Waals surface area contributed by atoms with Crippen LogP contribution in [0, 0.1) is 0 Å². The topological polar surface area (TPSA) is 102 Å². The van der Waals surface area contributed by atoms with Gasteiger partial charge in [-0.2, -0.15) is 8.42 Å². The van der Waals surface area contributed by atoms with Crippen molar-refractivity contribution in [2.45, 2.75) is 18.1 Å². The Morgan fingerprint density at radius 2 is 1.24 bits per heavy atom. The Bertz CT molecular complexity index is 1460. The van der Waals surface area contributed by atoms with E-state index in [9.17, 15) is 13.2 Å². The fourth-order valence-electron chi connectivity index (χ4n) is 3.34. The van der Waals surface area contributed by atoms with Gasteiger partial charge >= 0.3 is 0 Å². The largest absolute Gasteiger partial charge is 0.489 e. The molecule has 190 valence electrons. The van der Waals surface area contributed by atoms with Gasteiger partial charge in [0, 0.05) is 38.5 Å². The standard InChI is InChI=1S/C27H21Cl2NO6S/c28-25-7-3-1-5-18(25)16-35-22-13-20(14-23(15-22)36-17-19-6-2-4-8-26(19)29)27(31)30-21-9-11-24(12-10-21)37(32,33)34/h1-15H,16-17H2,(H,30,31)(H,32,33,34). The lowest BCUT2D eigenvalue weighted by atomic mass is 10.1. The number of carbonyl (C=O) groups excluding carboxylic acids is 1. The lowest BCUT2D eigenvalue weighted by molar-refractivity contribution is 0.102. The summed E-state index contributed by atoms with van der Waals surface area (Å²) in [6, 6.07) is 24.4. The van der Waals surface area contributed by atoms with Gasteiger partial charge in [-0.25, -0.2) is 0 Å². The fraction of sp³-hybridized carbons (Fsp3) is 0.0741. The minimum absolute atomic E-state index is 0.172. The molecule has 0 spiro atoms. The smallest absolute Gasteiger partial charge is 0.294 e. The number of halogens is 2. The number of benzene rings is 4. The van der Waals surface area contributed by atoms with E-state index < -0.39 is 16.0 Å². The second kappa shape index (κ2) is 11.7. The van der Waals surface area contributed by atoms with Crippen LogP contribution in [0.5, 0.6) is 11.5 Å². The minimum Gasteiger partial charge on any atom is -0.489 e. The normalized spacial score (nSPS) is 11.1. The quantitative estimate of drug-likeness (QED) is 0.223. The molecule has 4 aromatic rings. The fourth-order valence-corrected chi connectivity index (χ4v) is 4.20. The van der Waals surface area contributed by atoms with E-state index in [0.29, 0.717) is 27.2 Å². The molecule has 4 rings (SSSR count). The number of ether oxygens (including phenoxy) is 2. The van der Waals surface area contributed by atoms with Crippen molar-refractivity contribution in [2.24, 2.45) is 0 Å². The summed E-state index contributed by atoms with van der Waals surface area (Å²) in [6.45, 7) is 0.345. The van der Waals surface area contributed by atoms with E-state index in [1.54, 1.807) is 30.3 Å². The zero-order chi connectivity index (χ0) is 26.4. The molecule has 7 nitrogen and oxygen atoms in total. The molecule has 4 aromatic carbocycles. The van der Waals surface area contributed by atoms with Crippen LogP contribution in [0.3, 0.4) is 0 Å². The van der Waals surface area contributed by atoms with E-state index in [2.05, 4.69) is 5.32 Å². The minimum atomic E-state index is -4.34. The Labute approximate surface area is 224 Å². The van der Waals surface area contributed by atoms with Crippen molar-refractivity contribution in [1.82, 2.24) is 0 Å². The first-order valence-electron chi connectivity index (χ1n) is 11.0. The van der Waals surface area contributed by atoms with Crippen LogP contribution in [0.15, 0.2) is 95.9 Å². The van der Waals surface area contributed by atoms with Crippen LogP contribution in [0.4, 0.5) is 5.69 Å². The Morgan fingerprint density at radius 1 is 0.757 bits per heavy atom. The third-order valence-corrected chi connectivity index (χ3v) is 6.86. The molecule has 1 amide bonds. The molecule has 2 N–H and O–H groups in total. The molecule has 0 aliphatic rings. The van der Waals surface area contributed by atoms with Crippen LogP contribution in [-0.2, 0) is 23.3 Å². The van der Waals surface area contributed by atoms with Crippen LogP contribution in [0.2, 0.25) is 10.0 Å². The van der Waals surface area contributed by atoms with E-state index in [1.165, 1.54) is 24.3 Å². The number of carbonyl (C=O) groups is 1. The van der Waals surface area contributed by atoms with E-state index in [4.69, 9.17) is 37.2 Å². The first kappa shape index (κ1) is 26.5. The molecular weight excluding hydrogens is 537 g/mol. The molecule has 0 saturated heterocycles. The maximum absolute atomic E-state index is 13.0. The van der Waals surface area contributed by atoms with Crippen LogP contribution < -0.4 is 14.8 Å². The maximum atomic E-state index is 13.0. The second-order valence-electron chi connectivity index (χ2n) is 7.91. The highest BCUT2D eigenvalue weighted by atomic mass is 35.5. The molecule has 0 radical (unpaired) electrons. The molecule has 10 heteroatoms. The molecule has 0 aliphatic carbocycles. The summed E-state index contributed by atoms with van der Waals surface area (Å²) in [5.74, 6) is 0.275. The molecule has 0 bridgehead atoms. The summed E-state index contributed by atoms with van der Waals surface area (Å²) in [6.07, 6.45) is 0. The second-order valence-corrected chi connectivity index (χ2v) is 10.1. The van der Waals surface area contributed by atoms with Crippen molar-refractivity contribution in [3.05, 3.63) is 118 Å². The zero-order valence-corrected chi connectivity index (χ0v) is 21.6. The van der Waals surface area contributed by atoms with Crippen molar-refractivity contribution in [3.63, 3.8) is 0 Å². The molecule has 0 aromatic heterocycles. The molecule has 0 saturated carbocycles. The number of nitrogens with one attached hydrogen (secondary N) is 1. The van der Waals surface area contributed by atoms with E-state index >= 15 is 0 Å². The molecule has 0 atom stereocenters. The Morgan fingerprint density at radius 3 is 1.70 bits per heavy atom. The van der Waals surface area contributed by atoms with Gasteiger partial charge in [-0.05, 0) is 48.5 Å². The van der Waals surface area contributed by atoms with Gasteiger partial charge in [-0.15, -0.1) is 0 Å². The van der Waals surface area contributed by atoms with Crippen LogP contribution in [0.25, 0.3) is 0 Å². The third-order valence-electron chi connectivity index (χ3n) is 5.26. The van der Waals surface area contributed by atoms with Crippen molar-refractivity contribution in [1.29, 1.82) is 0 Å². The average molecular weight is 558 g/mol. The van der Waals surface area contributed by atoms with E-state index in [0.717, 1.165) is 11.1 Å². The third kappa shape index (κ3) is 7.24. The predicted octanol–water partition coefficient (Wildman–Crippen LogP) is 6.65. The van der Waals surface area contributed by atoms with Gasteiger partial charge < -0.3 is 14.8 Å². The van der Waals surface area contributed by atoms with Gasteiger partial charge in [0.1, 0.15) is 24.7 Å². The van der Waals surface area contributed by atoms with Crippen molar-refractivity contribution < 1.29 is 27.2 Å². The maximum Gasteiger partial charge on any atom is 0.294 e. The summed E-state index contributed by atoms with van der Waals surface area (Å²) >= 11 is 12.5. The lowest BCUT2D eigenvalue weighted by Gasteiger charge is -2.14. The Balaban J connectivity index is 1.57. The lowest BCUT2D eigenvalue weighted by Crippen LogP contribution is -2.13. The number of amides is 1. The summed E-state index contributed by atoms with van der Waals surface area (Å²) in [5, 5.41) is 3.80. The molecule has 37 heavy (non-hydrogen) atoms. The number of hydrogen-bond acceptors (Lipinski definition) is 5. The highest BCUT2D eigenvalue weighted by Gasteiger charge is 2.14. The van der Waals surface area contributed by atoms with E-state index in [1.807, 2.05) is 36.4 Å². The van der Waals surface area contributed by atoms with Crippen molar-refractivity contribution in [3.8, 4) is 11.5 Å². The van der Waals surface area contributed by atoms with Gasteiger partial charge in [0.2, 0.25) is 0 Å². The first-order chi connectivity index (χ1) is 17.7. The molecule has 0 heterocycles. The van der Waals surface area contributed by atoms with Gasteiger partial charge in [0.25, 0.3) is 16.0 Å².